The van der Waals surface area contributed by atoms with Crippen molar-refractivity contribution in [3.63, 3.8) is 0 Å². The Morgan fingerprint density at radius 3 is 1.72 bits per heavy atom. The van der Waals surface area contributed by atoms with Crippen LogP contribution in [0.3, 0.4) is 0 Å². The van der Waals surface area contributed by atoms with Crippen molar-refractivity contribution in [1.29, 1.82) is 0 Å². The second-order valence-corrected chi connectivity index (χ2v) is 15.4. The van der Waals surface area contributed by atoms with E-state index in [1.54, 1.807) is 0 Å². The summed E-state index contributed by atoms with van der Waals surface area (Å²) < 4.78 is 4.73. The normalized spacial score (nSPS) is 14.2. The van der Waals surface area contributed by atoms with Gasteiger partial charge in [-0.2, -0.15) is 0 Å². The lowest BCUT2D eigenvalue weighted by atomic mass is 9.70. The van der Waals surface area contributed by atoms with Crippen LogP contribution in [0.5, 0.6) is 0 Å². The summed E-state index contributed by atoms with van der Waals surface area (Å²) in [5.41, 5.74) is 22.3. The third-order valence-corrected chi connectivity index (χ3v) is 12.8. The van der Waals surface area contributed by atoms with E-state index in [0.29, 0.717) is 0 Å². The average molecular weight is 728 g/mol. The fraction of sp³-hybridized carbons (Fsp3) is 0.0577. The van der Waals surface area contributed by atoms with Crippen LogP contribution in [0.25, 0.3) is 83.9 Å². The second-order valence-electron chi connectivity index (χ2n) is 15.4. The molecule has 5 aromatic heterocycles. The Hall–Kier alpha value is -7.37. The Kier molecular flexibility index (Phi) is 6.15. The SMILES string of the molecule is C1=Cc2c(c3c4c(ccc3n2-c2ccc(-c3ccc(-n5c6cccnc6c6ncccc65)cc3)cc2)C2(c3ccccc3-c3ccccc32)c2cccnc2-4)CC1. The molecule has 0 bridgehead atoms. The zero-order valence-electron chi connectivity index (χ0n) is 30.9. The summed E-state index contributed by atoms with van der Waals surface area (Å²) in [6.45, 7) is 0. The Labute approximate surface area is 328 Å². The predicted octanol–water partition coefficient (Wildman–Crippen LogP) is 11.9. The summed E-state index contributed by atoms with van der Waals surface area (Å²) in [5.74, 6) is 0. The maximum Gasteiger partial charge on any atom is 0.115 e. The molecule has 0 saturated carbocycles. The number of allylic oxidation sites excluding steroid dienone is 1. The molecular formula is C52H33N5. The first-order valence-electron chi connectivity index (χ1n) is 19.7. The van der Waals surface area contributed by atoms with Gasteiger partial charge in [-0.1, -0.05) is 91.0 Å². The molecule has 0 N–H and O–H groups in total. The topological polar surface area (TPSA) is 48.5 Å². The van der Waals surface area contributed by atoms with Crippen LogP contribution in [0.4, 0.5) is 0 Å². The molecule has 5 heterocycles. The largest absolute Gasteiger partial charge is 0.310 e. The predicted molar refractivity (Wildman–Crippen MR) is 230 cm³/mol. The van der Waals surface area contributed by atoms with Crippen LogP contribution >= 0.6 is 0 Å². The van der Waals surface area contributed by atoms with Crippen molar-refractivity contribution in [2.45, 2.75) is 18.3 Å². The van der Waals surface area contributed by atoms with Crippen molar-refractivity contribution in [1.82, 2.24) is 24.1 Å². The summed E-state index contributed by atoms with van der Waals surface area (Å²) in [5, 5.41) is 1.33. The first kappa shape index (κ1) is 30.9. The third kappa shape index (κ3) is 3.95. The van der Waals surface area contributed by atoms with Gasteiger partial charge in [-0.05, 0) is 130 Å². The number of rotatable bonds is 3. The standard InChI is InChI=1S/C52H33N5/c1-4-13-39-36(10-1)37-11-2-5-14-40(37)52(39)41-27-28-44-47(48(41)49-42(52)15-7-29-53-49)38-12-3-6-16-43(38)56(44)34-23-19-32(20-24-34)33-21-25-35(26-22-33)57-45-17-8-30-54-50(45)51-46(57)18-9-31-55-51/h1-2,4-11,13-31H,3,12H2. The Morgan fingerprint density at radius 2 is 1.05 bits per heavy atom. The molecule has 5 nitrogen and oxygen atoms in total. The van der Waals surface area contributed by atoms with Gasteiger partial charge in [-0.15, -0.1) is 0 Å². The van der Waals surface area contributed by atoms with Crippen LogP contribution in [0.2, 0.25) is 0 Å². The molecule has 3 aliphatic rings. The third-order valence-electron chi connectivity index (χ3n) is 12.8. The first-order valence-corrected chi connectivity index (χ1v) is 19.7. The van der Waals surface area contributed by atoms with Crippen molar-refractivity contribution in [2.24, 2.45) is 0 Å². The molecule has 5 heteroatoms. The van der Waals surface area contributed by atoms with E-state index in [1.165, 1.54) is 72.2 Å². The van der Waals surface area contributed by atoms with E-state index in [0.717, 1.165) is 52.0 Å². The summed E-state index contributed by atoms with van der Waals surface area (Å²) in [6.07, 6.45) is 12.3. The van der Waals surface area contributed by atoms with Gasteiger partial charge < -0.3 is 9.13 Å². The van der Waals surface area contributed by atoms with Gasteiger partial charge >= 0.3 is 0 Å². The van der Waals surface area contributed by atoms with Crippen molar-refractivity contribution in [3.8, 4) is 44.9 Å². The summed E-state index contributed by atoms with van der Waals surface area (Å²) in [7, 11) is 0. The zero-order chi connectivity index (χ0) is 37.2. The minimum Gasteiger partial charge on any atom is -0.310 e. The van der Waals surface area contributed by atoms with Gasteiger partial charge in [0.05, 0.1) is 27.7 Å². The van der Waals surface area contributed by atoms with Gasteiger partial charge in [0.25, 0.3) is 0 Å². The number of nitrogens with zero attached hydrogens (tertiary/aromatic N) is 5. The molecule has 0 atom stereocenters. The molecular weight excluding hydrogens is 695 g/mol. The van der Waals surface area contributed by atoms with Gasteiger partial charge in [0.2, 0.25) is 0 Å². The van der Waals surface area contributed by atoms with Crippen molar-refractivity contribution < 1.29 is 0 Å². The minimum atomic E-state index is -0.410. The van der Waals surface area contributed by atoms with Gasteiger partial charge in [0.1, 0.15) is 11.0 Å². The molecule has 3 aliphatic carbocycles. The van der Waals surface area contributed by atoms with Gasteiger partial charge in [0.15, 0.2) is 0 Å². The number of fused-ring (bicyclic) bond motifs is 17. The molecule has 5 aromatic carbocycles. The highest BCUT2D eigenvalue weighted by Gasteiger charge is 2.53. The van der Waals surface area contributed by atoms with Gasteiger partial charge in [0, 0.05) is 46.6 Å². The smallest absolute Gasteiger partial charge is 0.115 e. The molecule has 10 aromatic rings. The van der Waals surface area contributed by atoms with Gasteiger partial charge in [-0.3, -0.25) is 15.0 Å². The number of hydrogen-bond donors (Lipinski definition) is 0. The number of pyridine rings is 3. The molecule has 0 fully saturated rings. The lowest BCUT2D eigenvalue weighted by Gasteiger charge is -2.30. The maximum absolute atomic E-state index is 5.21. The summed E-state index contributed by atoms with van der Waals surface area (Å²) >= 11 is 0. The lowest BCUT2D eigenvalue weighted by molar-refractivity contribution is 0.792. The number of aryl methyl sites for hydroxylation is 1. The second kappa shape index (κ2) is 11.3. The van der Waals surface area contributed by atoms with E-state index < -0.39 is 5.41 Å². The van der Waals surface area contributed by atoms with E-state index in [4.69, 9.17) is 4.98 Å². The molecule has 0 amide bonds. The molecule has 0 radical (unpaired) electrons. The highest BCUT2D eigenvalue weighted by Crippen LogP contribution is 2.63. The van der Waals surface area contributed by atoms with Crippen LogP contribution in [-0.4, -0.2) is 24.1 Å². The summed E-state index contributed by atoms with van der Waals surface area (Å²) in [4.78, 5) is 14.5. The first-order chi connectivity index (χ1) is 28.3. The molecule has 0 unspecified atom stereocenters. The van der Waals surface area contributed by atoms with Crippen LogP contribution in [0, 0.1) is 0 Å². The maximum atomic E-state index is 5.21. The van der Waals surface area contributed by atoms with Crippen LogP contribution in [0.15, 0.2) is 170 Å². The number of benzene rings is 5. The number of hydrogen-bond acceptors (Lipinski definition) is 3. The fourth-order valence-corrected chi connectivity index (χ4v) is 10.6. The minimum absolute atomic E-state index is 0.410. The van der Waals surface area contributed by atoms with E-state index in [-0.39, 0.29) is 0 Å². The monoisotopic (exact) mass is 727 g/mol. The van der Waals surface area contributed by atoms with Crippen molar-refractivity contribution >= 4 is 39.0 Å². The zero-order valence-corrected chi connectivity index (χ0v) is 30.9. The average Bonchev–Trinajstić information content (AvgIpc) is 3.99. The molecule has 0 saturated heterocycles. The Balaban J connectivity index is 0.955. The Bertz CT molecular complexity index is 3250. The highest BCUT2D eigenvalue weighted by atomic mass is 15.0. The molecule has 13 rings (SSSR count). The van der Waals surface area contributed by atoms with E-state index in [1.807, 2.05) is 30.7 Å². The summed E-state index contributed by atoms with van der Waals surface area (Å²) in [6, 6.07) is 53.3. The van der Waals surface area contributed by atoms with Crippen molar-refractivity contribution in [2.75, 3.05) is 0 Å². The van der Waals surface area contributed by atoms with E-state index >= 15 is 0 Å². The molecule has 266 valence electrons. The van der Waals surface area contributed by atoms with E-state index in [9.17, 15) is 0 Å². The van der Waals surface area contributed by atoms with E-state index in [2.05, 4.69) is 165 Å². The molecule has 0 aliphatic heterocycles. The van der Waals surface area contributed by atoms with Crippen molar-refractivity contribution in [3.05, 3.63) is 204 Å². The van der Waals surface area contributed by atoms with Crippen LogP contribution in [-0.2, 0) is 11.8 Å². The van der Waals surface area contributed by atoms with Gasteiger partial charge in [-0.25, -0.2) is 0 Å². The number of aromatic nitrogens is 5. The Morgan fingerprint density at radius 1 is 0.474 bits per heavy atom. The fourth-order valence-electron chi connectivity index (χ4n) is 10.6. The van der Waals surface area contributed by atoms with Crippen LogP contribution < -0.4 is 0 Å². The molecule has 1 spiro atoms. The van der Waals surface area contributed by atoms with Crippen LogP contribution in [0.1, 0.15) is 39.9 Å². The quantitative estimate of drug-likeness (QED) is 0.182. The lowest BCUT2D eigenvalue weighted by Crippen LogP contribution is -2.25. The highest BCUT2D eigenvalue weighted by molar-refractivity contribution is 6.08. The molecule has 57 heavy (non-hydrogen) atoms.